The van der Waals surface area contributed by atoms with E-state index < -0.39 is 0 Å². The second-order valence-electron chi connectivity index (χ2n) is 4.64. The van der Waals surface area contributed by atoms with Crippen molar-refractivity contribution in [2.24, 2.45) is 0 Å². The highest BCUT2D eigenvalue weighted by molar-refractivity contribution is 5.37. The Balaban J connectivity index is 0.000000686. The molecule has 0 N–H and O–H groups in total. The number of hydrogen-bond acceptors (Lipinski definition) is 0. The summed E-state index contributed by atoms with van der Waals surface area (Å²) in [4.78, 5) is 0. The highest BCUT2D eigenvalue weighted by Crippen LogP contribution is 2.42. The molecule has 0 heterocycles. The van der Waals surface area contributed by atoms with Gasteiger partial charge in [0.1, 0.15) is 5.82 Å². The lowest BCUT2D eigenvalue weighted by molar-refractivity contribution is 0.333. The Bertz CT molecular complexity index is 351. The van der Waals surface area contributed by atoms with Gasteiger partial charge in [-0.1, -0.05) is 33.8 Å². The lowest BCUT2D eigenvalue weighted by atomic mass is 9.67. The fourth-order valence-electron chi connectivity index (χ4n) is 3.00. The SMILES string of the molecule is CC.CCC1(CC)CCCc2ccc(F)cc21. The number of rotatable bonds is 2. The molecule has 17 heavy (non-hydrogen) atoms. The van der Waals surface area contributed by atoms with Crippen LogP contribution in [0.5, 0.6) is 0 Å². The molecule has 0 bridgehead atoms. The first-order chi connectivity index (χ1) is 8.22. The van der Waals surface area contributed by atoms with Crippen LogP contribution < -0.4 is 0 Å². The van der Waals surface area contributed by atoms with Gasteiger partial charge in [0.05, 0.1) is 0 Å². The van der Waals surface area contributed by atoms with E-state index in [4.69, 9.17) is 0 Å². The van der Waals surface area contributed by atoms with Crippen LogP contribution >= 0.6 is 0 Å². The summed E-state index contributed by atoms with van der Waals surface area (Å²) >= 11 is 0. The first-order valence-electron chi connectivity index (χ1n) is 7.01. The van der Waals surface area contributed by atoms with E-state index in [1.807, 2.05) is 19.9 Å². The largest absolute Gasteiger partial charge is 0.207 e. The van der Waals surface area contributed by atoms with Gasteiger partial charge < -0.3 is 0 Å². The molecular formula is C16H25F. The molecule has 1 aliphatic carbocycles. The fourth-order valence-corrected chi connectivity index (χ4v) is 3.00. The van der Waals surface area contributed by atoms with E-state index in [2.05, 4.69) is 13.8 Å². The van der Waals surface area contributed by atoms with Crippen molar-refractivity contribution >= 4 is 0 Å². The molecule has 1 aromatic rings. The van der Waals surface area contributed by atoms with Gasteiger partial charge in [0, 0.05) is 0 Å². The molecule has 0 atom stereocenters. The Morgan fingerprint density at radius 3 is 2.41 bits per heavy atom. The van der Waals surface area contributed by atoms with Crippen LogP contribution in [0, 0.1) is 5.82 Å². The normalized spacial score (nSPS) is 16.8. The third-order valence-electron chi connectivity index (χ3n) is 4.10. The van der Waals surface area contributed by atoms with Crippen LogP contribution in [0.25, 0.3) is 0 Å². The van der Waals surface area contributed by atoms with Crippen LogP contribution in [0.1, 0.15) is 64.5 Å². The molecule has 0 saturated carbocycles. The maximum atomic E-state index is 13.3. The fraction of sp³-hybridized carbons (Fsp3) is 0.625. The van der Waals surface area contributed by atoms with Gasteiger partial charge in [-0.3, -0.25) is 0 Å². The minimum atomic E-state index is -0.0816. The molecule has 96 valence electrons. The third kappa shape index (κ3) is 2.70. The molecule has 0 unspecified atom stereocenters. The second-order valence-corrected chi connectivity index (χ2v) is 4.64. The minimum absolute atomic E-state index is 0.0816. The van der Waals surface area contributed by atoms with Crippen molar-refractivity contribution < 1.29 is 4.39 Å². The van der Waals surface area contributed by atoms with Crippen LogP contribution in [-0.4, -0.2) is 0 Å². The van der Waals surface area contributed by atoms with Crippen molar-refractivity contribution in [2.75, 3.05) is 0 Å². The summed E-state index contributed by atoms with van der Waals surface area (Å²) in [5.41, 5.74) is 2.89. The molecule has 0 aliphatic heterocycles. The zero-order valence-corrected chi connectivity index (χ0v) is 11.6. The Morgan fingerprint density at radius 2 is 1.82 bits per heavy atom. The highest BCUT2D eigenvalue weighted by Gasteiger charge is 2.33. The molecule has 1 heteroatoms. The Hall–Kier alpha value is -0.850. The quantitative estimate of drug-likeness (QED) is 0.658. The summed E-state index contributed by atoms with van der Waals surface area (Å²) in [5.74, 6) is -0.0816. The van der Waals surface area contributed by atoms with Gasteiger partial charge in [-0.25, -0.2) is 4.39 Å². The smallest absolute Gasteiger partial charge is 0.123 e. The molecule has 2 rings (SSSR count). The molecule has 0 spiro atoms. The lowest BCUT2D eigenvalue weighted by Gasteiger charge is -2.38. The van der Waals surface area contributed by atoms with Gasteiger partial charge in [-0.05, 0) is 60.8 Å². The lowest BCUT2D eigenvalue weighted by Crippen LogP contribution is -2.29. The summed E-state index contributed by atoms with van der Waals surface area (Å²) < 4.78 is 13.3. The van der Waals surface area contributed by atoms with E-state index in [1.54, 1.807) is 12.1 Å². The van der Waals surface area contributed by atoms with Crippen molar-refractivity contribution in [3.63, 3.8) is 0 Å². The average molecular weight is 236 g/mol. The first kappa shape index (κ1) is 14.2. The third-order valence-corrected chi connectivity index (χ3v) is 4.10. The van der Waals surface area contributed by atoms with E-state index in [-0.39, 0.29) is 11.2 Å². The van der Waals surface area contributed by atoms with E-state index in [1.165, 1.54) is 24.0 Å². The van der Waals surface area contributed by atoms with E-state index in [9.17, 15) is 4.39 Å². The summed E-state index contributed by atoms with van der Waals surface area (Å²) in [6, 6.07) is 5.34. The molecule has 0 amide bonds. The molecule has 0 aromatic heterocycles. The zero-order chi connectivity index (χ0) is 12.9. The van der Waals surface area contributed by atoms with Gasteiger partial charge in [0.25, 0.3) is 0 Å². The molecule has 0 saturated heterocycles. The van der Waals surface area contributed by atoms with Crippen LogP contribution in [0.4, 0.5) is 4.39 Å². The van der Waals surface area contributed by atoms with Crippen molar-refractivity contribution in [2.45, 2.75) is 65.2 Å². The number of fused-ring (bicyclic) bond motifs is 1. The van der Waals surface area contributed by atoms with Gasteiger partial charge in [0.2, 0.25) is 0 Å². The second kappa shape index (κ2) is 6.18. The number of aryl methyl sites for hydroxylation is 1. The molecule has 0 fully saturated rings. The maximum Gasteiger partial charge on any atom is 0.123 e. The van der Waals surface area contributed by atoms with Crippen molar-refractivity contribution in [1.29, 1.82) is 0 Å². The molecule has 1 aromatic carbocycles. The Kier molecular flexibility index (Phi) is 5.17. The van der Waals surface area contributed by atoms with Gasteiger partial charge in [-0.15, -0.1) is 0 Å². The minimum Gasteiger partial charge on any atom is -0.207 e. The van der Waals surface area contributed by atoms with Crippen LogP contribution in [-0.2, 0) is 11.8 Å². The standard InChI is InChI=1S/C14H19F.C2H6/c1-3-14(4-2)9-5-6-11-7-8-12(15)10-13(11)14;1-2/h7-8,10H,3-6,9H2,1-2H3;1-2H3. The number of halogens is 1. The molecule has 1 aliphatic rings. The highest BCUT2D eigenvalue weighted by atomic mass is 19.1. The van der Waals surface area contributed by atoms with Crippen LogP contribution in [0.15, 0.2) is 18.2 Å². The zero-order valence-electron chi connectivity index (χ0n) is 11.6. The van der Waals surface area contributed by atoms with E-state index in [0.29, 0.717) is 0 Å². The van der Waals surface area contributed by atoms with Gasteiger partial charge in [0.15, 0.2) is 0 Å². The Labute approximate surface area is 105 Å². The van der Waals surface area contributed by atoms with Crippen molar-refractivity contribution in [3.05, 3.63) is 35.1 Å². The maximum absolute atomic E-state index is 13.3. The van der Waals surface area contributed by atoms with Crippen LogP contribution in [0.3, 0.4) is 0 Å². The van der Waals surface area contributed by atoms with E-state index >= 15 is 0 Å². The summed E-state index contributed by atoms with van der Waals surface area (Å²) in [7, 11) is 0. The predicted molar refractivity (Wildman–Crippen MR) is 72.9 cm³/mol. The number of benzene rings is 1. The summed E-state index contributed by atoms with van der Waals surface area (Å²) in [6.45, 7) is 8.45. The van der Waals surface area contributed by atoms with Crippen LogP contribution in [0.2, 0.25) is 0 Å². The summed E-state index contributed by atoms with van der Waals surface area (Å²) in [6.07, 6.45) is 5.84. The first-order valence-corrected chi connectivity index (χ1v) is 7.01. The van der Waals surface area contributed by atoms with E-state index in [0.717, 1.165) is 19.3 Å². The topological polar surface area (TPSA) is 0 Å². The Morgan fingerprint density at radius 1 is 1.18 bits per heavy atom. The molecule has 0 radical (unpaired) electrons. The van der Waals surface area contributed by atoms with Gasteiger partial charge in [-0.2, -0.15) is 0 Å². The molecular weight excluding hydrogens is 211 g/mol. The molecule has 0 nitrogen and oxygen atoms in total. The number of hydrogen-bond donors (Lipinski definition) is 0. The summed E-state index contributed by atoms with van der Waals surface area (Å²) in [5, 5.41) is 0. The average Bonchev–Trinajstić information content (AvgIpc) is 2.40. The van der Waals surface area contributed by atoms with Crippen molar-refractivity contribution in [3.8, 4) is 0 Å². The predicted octanol–water partition coefficient (Wildman–Crippen LogP) is 5.25. The monoisotopic (exact) mass is 236 g/mol. The van der Waals surface area contributed by atoms with Crippen molar-refractivity contribution in [1.82, 2.24) is 0 Å². The van der Waals surface area contributed by atoms with Gasteiger partial charge >= 0.3 is 0 Å².